The highest BCUT2D eigenvalue weighted by Crippen LogP contribution is 2.06. The SMILES string of the molecule is NCc1ccc(S(=O)(=O)NCCN2CCOCC2)nc1. The third kappa shape index (κ3) is 4.22. The fraction of sp³-hybridized carbons (Fsp3) is 0.583. The van der Waals surface area contributed by atoms with Gasteiger partial charge < -0.3 is 10.5 Å². The maximum atomic E-state index is 12.0. The Kier molecular flexibility index (Phi) is 5.44. The van der Waals surface area contributed by atoms with Gasteiger partial charge in [0.25, 0.3) is 10.0 Å². The molecule has 0 atom stereocenters. The fourth-order valence-corrected chi connectivity index (χ4v) is 2.87. The highest BCUT2D eigenvalue weighted by Gasteiger charge is 2.16. The minimum absolute atomic E-state index is 0.0247. The molecular formula is C12H20N4O3S. The minimum Gasteiger partial charge on any atom is -0.379 e. The van der Waals surface area contributed by atoms with E-state index in [-0.39, 0.29) is 5.03 Å². The monoisotopic (exact) mass is 300 g/mol. The van der Waals surface area contributed by atoms with Crippen LogP contribution in [-0.4, -0.2) is 57.7 Å². The third-order valence-corrected chi connectivity index (χ3v) is 4.51. The topological polar surface area (TPSA) is 97.5 Å². The molecule has 1 aromatic heterocycles. The van der Waals surface area contributed by atoms with Gasteiger partial charge in [0.05, 0.1) is 13.2 Å². The number of rotatable bonds is 6. The summed E-state index contributed by atoms with van der Waals surface area (Å²) < 4.78 is 31.8. The molecule has 0 spiro atoms. The molecule has 7 nitrogen and oxygen atoms in total. The van der Waals surface area contributed by atoms with Gasteiger partial charge >= 0.3 is 0 Å². The molecule has 0 aliphatic carbocycles. The molecule has 3 N–H and O–H groups in total. The van der Waals surface area contributed by atoms with Crippen LogP contribution < -0.4 is 10.5 Å². The Morgan fingerprint density at radius 2 is 2.10 bits per heavy atom. The Morgan fingerprint density at radius 3 is 2.70 bits per heavy atom. The Bertz CT molecular complexity index is 512. The lowest BCUT2D eigenvalue weighted by Crippen LogP contribution is -2.41. The van der Waals surface area contributed by atoms with E-state index in [9.17, 15) is 8.42 Å². The van der Waals surface area contributed by atoms with Gasteiger partial charge in [-0.1, -0.05) is 6.07 Å². The van der Waals surface area contributed by atoms with Gasteiger partial charge in [-0.15, -0.1) is 0 Å². The molecule has 1 fully saturated rings. The quantitative estimate of drug-likeness (QED) is 0.710. The zero-order valence-electron chi connectivity index (χ0n) is 11.3. The average Bonchev–Trinajstić information content (AvgIpc) is 2.48. The standard InChI is InChI=1S/C12H20N4O3S/c13-9-11-1-2-12(14-10-11)20(17,18)15-3-4-16-5-7-19-8-6-16/h1-2,10,15H,3-9,13H2. The first kappa shape index (κ1) is 15.3. The van der Waals surface area contributed by atoms with Crippen molar-refractivity contribution in [2.75, 3.05) is 39.4 Å². The van der Waals surface area contributed by atoms with Crippen LogP contribution in [0, 0.1) is 0 Å². The van der Waals surface area contributed by atoms with Crippen LogP contribution >= 0.6 is 0 Å². The normalized spacial score (nSPS) is 17.2. The smallest absolute Gasteiger partial charge is 0.258 e. The van der Waals surface area contributed by atoms with Gasteiger partial charge in [0, 0.05) is 38.9 Å². The Hall–Kier alpha value is -1.06. The van der Waals surface area contributed by atoms with Crippen LogP contribution in [0.15, 0.2) is 23.4 Å². The van der Waals surface area contributed by atoms with E-state index in [2.05, 4.69) is 14.6 Å². The maximum absolute atomic E-state index is 12.0. The van der Waals surface area contributed by atoms with Gasteiger partial charge in [0.2, 0.25) is 0 Å². The summed E-state index contributed by atoms with van der Waals surface area (Å²) in [7, 11) is -3.55. The van der Waals surface area contributed by atoms with Crippen molar-refractivity contribution in [1.82, 2.24) is 14.6 Å². The van der Waals surface area contributed by atoms with Gasteiger partial charge in [0.15, 0.2) is 5.03 Å². The Labute approximate surface area is 119 Å². The second-order valence-electron chi connectivity index (χ2n) is 4.56. The molecule has 1 aliphatic rings. The number of morpholine rings is 1. The number of nitrogens with two attached hydrogens (primary N) is 1. The largest absolute Gasteiger partial charge is 0.379 e. The van der Waals surface area contributed by atoms with Crippen LogP contribution in [0.25, 0.3) is 0 Å². The summed E-state index contributed by atoms with van der Waals surface area (Å²) >= 11 is 0. The maximum Gasteiger partial charge on any atom is 0.258 e. The van der Waals surface area contributed by atoms with Crippen molar-refractivity contribution in [2.24, 2.45) is 5.73 Å². The summed E-state index contributed by atoms with van der Waals surface area (Å²) in [4.78, 5) is 6.09. The number of pyridine rings is 1. The number of nitrogens with zero attached hydrogens (tertiary/aromatic N) is 2. The van der Waals surface area contributed by atoms with E-state index in [0.29, 0.717) is 32.8 Å². The minimum atomic E-state index is -3.55. The van der Waals surface area contributed by atoms with Crippen LogP contribution in [-0.2, 0) is 21.3 Å². The van der Waals surface area contributed by atoms with Crippen molar-refractivity contribution in [3.8, 4) is 0 Å². The zero-order valence-corrected chi connectivity index (χ0v) is 12.1. The number of nitrogens with one attached hydrogen (secondary N) is 1. The summed E-state index contributed by atoms with van der Waals surface area (Å²) in [6, 6.07) is 3.14. The van der Waals surface area contributed by atoms with Crippen LogP contribution in [0.4, 0.5) is 0 Å². The number of hydrogen-bond acceptors (Lipinski definition) is 6. The molecule has 2 heterocycles. The molecule has 112 valence electrons. The molecule has 20 heavy (non-hydrogen) atoms. The Morgan fingerprint density at radius 1 is 1.35 bits per heavy atom. The summed E-state index contributed by atoms with van der Waals surface area (Å²) in [5.74, 6) is 0. The molecule has 1 aromatic rings. The first-order valence-corrected chi connectivity index (χ1v) is 8.05. The summed E-state index contributed by atoms with van der Waals surface area (Å²) in [5, 5.41) is 0.0247. The van der Waals surface area contributed by atoms with Gasteiger partial charge in [-0.2, -0.15) is 0 Å². The molecule has 0 unspecified atom stereocenters. The van der Waals surface area contributed by atoms with Crippen LogP contribution in [0.1, 0.15) is 5.56 Å². The molecule has 1 aliphatic heterocycles. The molecule has 0 saturated carbocycles. The number of ether oxygens (including phenoxy) is 1. The predicted octanol–water partition coefficient (Wildman–Crippen LogP) is -0.849. The lowest BCUT2D eigenvalue weighted by Gasteiger charge is -2.26. The number of sulfonamides is 1. The molecule has 8 heteroatoms. The zero-order chi connectivity index (χ0) is 14.4. The van der Waals surface area contributed by atoms with E-state index in [1.54, 1.807) is 6.07 Å². The van der Waals surface area contributed by atoms with Crippen molar-refractivity contribution in [1.29, 1.82) is 0 Å². The molecule has 1 saturated heterocycles. The number of hydrogen-bond donors (Lipinski definition) is 2. The molecule has 0 amide bonds. The van der Waals surface area contributed by atoms with E-state index in [1.165, 1.54) is 12.3 Å². The second kappa shape index (κ2) is 7.09. The first-order chi connectivity index (χ1) is 9.62. The average molecular weight is 300 g/mol. The fourth-order valence-electron chi connectivity index (χ4n) is 1.93. The number of aromatic nitrogens is 1. The molecule has 2 rings (SSSR count). The lowest BCUT2D eigenvalue weighted by atomic mass is 10.3. The predicted molar refractivity (Wildman–Crippen MR) is 74.6 cm³/mol. The van der Waals surface area contributed by atoms with Crippen molar-refractivity contribution in [3.05, 3.63) is 23.9 Å². The molecule has 0 bridgehead atoms. The van der Waals surface area contributed by atoms with E-state index < -0.39 is 10.0 Å². The molecular weight excluding hydrogens is 280 g/mol. The van der Waals surface area contributed by atoms with Gasteiger partial charge in [-0.05, 0) is 11.6 Å². The lowest BCUT2D eigenvalue weighted by molar-refractivity contribution is 0.0390. The summed E-state index contributed by atoms with van der Waals surface area (Å²) in [6.45, 7) is 4.46. The van der Waals surface area contributed by atoms with E-state index >= 15 is 0 Å². The van der Waals surface area contributed by atoms with Gasteiger partial charge in [-0.3, -0.25) is 4.90 Å². The van der Waals surface area contributed by atoms with Crippen molar-refractivity contribution in [2.45, 2.75) is 11.6 Å². The van der Waals surface area contributed by atoms with Crippen molar-refractivity contribution >= 4 is 10.0 Å². The molecule has 0 aromatic carbocycles. The van der Waals surface area contributed by atoms with Crippen LogP contribution in [0.5, 0.6) is 0 Å². The van der Waals surface area contributed by atoms with Crippen molar-refractivity contribution < 1.29 is 13.2 Å². The first-order valence-electron chi connectivity index (χ1n) is 6.56. The summed E-state index contributed by atoms with van der Waals surface area (Å²) in [5.41, 5.74) is 6.25. The van der Waals surface area contributed by atoms with E-state index in [4.69, 9.17) is 10.5 Å². The highest BCUT2D eigenvalue weighted by atomic mass is 32.2. The van der Waals surface area contributed by atoms with E-state index in [1.807, 2.05) is 0 Å². The highest BCUT2D eigenvalue weighted by molar-refractivity contribution is 7.89. The van der Waals surface area contributed by atoms with Crippen LogP contribution in [0.2, 0.25) is 0 Å². The third-order valence-electron chi connectivity index (χ3n) is 3.13. The van der Waals surface area contributed by atoms with Gasteiger partial charge in [0.1, 0.15) is 0 Å². The molecule has 0 radical (unpaired) electrons. The van der Waals surface area contributed by atoms with Crippen LogP contribution in [0.3, 0.4) is 0 Å². The second-order valence-corrected chi connectivity index (χ2v) is 6.27. The van der Waals surface area contributed by atoms with Crippen molar-refractivity contribution in [3.63, 3.8) is 0 Å². The Balaban J connectivity index is 1.86. The summed E-state index contributed by atoms with van der Waals surface area (Å²) in [6.07, 6.45) is 1.48. The van der Waals surface area contributed by atoms with Gasteiger partial charge in [-0.25, -0.2) is 18.1 Å². The van der Waals surface area contributed by atoms with E-state index in [0.717, 1.165) is 18.7 Å².